The van der Waals surface area contributed by atoms with Crippen molar-refractivity contribution in [3.63, 3.8) is 0 Å². The van der Waals surface area contributed by atoms with Crippen molar-refractivity contribution in [2.75, 3.05) is 6.54 Å². The van der Waals surface area contributed by atoms with Gasteiger partial charge in [0, 0.05) is 48.2 Å². The summed E-state index contributed by atoms with van der Waals surface area (Å²) in [5, 5.41) is 8.99. The zero-order valence-electron chi connectivity index (χ0n) is 13.5. The van der Waals surface area contributed by atoms with Crippen molar-refractivity contribution in [3.8, 4) is 22.4 Å². The van der Waals surface area contributed by atoms with Gasteiger partial charge in [0.2, 0.25) is 0 Å². The number of rotatable bonds is 2. The highest BCUT2D eigenvalue weighted by Crippen LogP contribution is 2.37. The molecule has 0 bridgehead atoms. The summed E-state index contributed by atoms with van der Waals surface area (Å²) < 4.78 is 17.1. The molecule has 5 nitrogen and oxygen atoms in total. The van der Waals surface area contributed by atoms with E-state index in [0.29, 0.717) is 16.8 Å². The van der Waals surface area contributed by atoms with Gasteiger partial charge in [-0.3, -0.25) is 9.67 Å². The van der Waals surface area contributed by atoms with Crippen molar-refractivity contribution in [2.24, 2.45) is 0 Å². The van der Waals surface area contributed by atoms with Crippen molar-refractivity contribution in [1.82, 2.24) is 25.1 Å². The number of halogens is 1. The maximum atomic E-state index is 15.1. The zero-order valence-corrected chi connectivity index (χ0v) is 13.5. The Morgan fingerprint density at radius 1 is 1.08 bits per heavy atom. The van der Waals surface area contributed by atoms with E-state index in [2.05, 4.69) is 15.3 Å². The van der Waals surface area contributed by atoms with Crippen molar-refractivity contribution in [3.05, 3.63) is 60.4 Å². The van der Waals surface area contributed by atoms with Crippen LogP contribution in [0.15, 0.2) is 48.9 Å². The number of benzene rings is 1. The Morgan fingerprint density at radius 3 is 2.84 bits per heavy atom. The van der Waals surface area contributed by atoms with Crippen molar-refractivity contribution >= 4 is 10.9 Å². The Bertz CT molecular complexity index is 1060. The summed E-state index contributed by atoms with van der Waals surface area (Å²) in [5.74, 6) is -0.263. The van der Waals surface area contributed by atoms with Crippen molar-refractivity contribution in [1.29, 1.82) is 0 Å². The Balaban J connectivity index is 1.80. The van der Waals surface area contributed by atoms with Crippen LogP contribution in [-0.2, 0) is 13.1 Å². The molecule has 1 aliphatic rings. The van der Waals surface area contributed by atoms with E-state index in [0.717, 1.165) is 41.8 Å². The van der Waals surface area contributed by atoms with Crippen molar-refractivity contribution < 1.29 is 4.39 Å². The molecule has 0 saturated carbocycles. The average molecular weight is 333 g/mol. The van der Waals surface area contributed by atoms with Crippen LogP contribution in [0.2, 0.25) is 0 Å². The van der Waals surface area contributed by atoms with Crippen LogP contribution in [0.5, 0.6) is 0 Å². The smallest absolute Gasteiger partial charge is 0.156 e. The van der Waals surface area contributed by atoms with Crippen LogP contribution in [-0.4, -0.2) is 26.3 Å². The number of hydrogen-bond acceptors (Lipinski definition) is 3. The number of nitrogens with one attached hydrogen (secondary N) is 2. The summed E-state index contributed by atoms with van der Waals surface area (Å²) in [6.07, 6.45) is 5.26. The molecule has 0 amide bonds. The Kier molecular flexibility index (Phi) is 3.18. The van der Waals surface area contributed by atoms with Crippen LogP contribution in [0.4, 0.5) is 4.39 Å². The number of aromatic amines is 1. The summed E-state index contributed by atoms with van der Waals surface area (Å²) in [6.45, 7) is 2.36. The van der Waals surface area contributed by atoms with Crippen LogP contribution in [0, 0.1) is 5.82 Å². The molecule has 25 heavy (non-hydrogen) atoms. The minimum Gasteiger partial charge on any atom is -0.359 e. The first-order chi connectivity index (χ1) is 12.3. The van der Waals surface area contributed by atoms with Gasteiger partial charge in [-0.05, 0) is 29.8 Å². The quantitative estimate of drug-likeness (QED) is 0.591. The second kappa shape index (κ2) is 5.53. The van der Waals surface area contributed by atoms with Gasteiger partial charge in [0.05, 0.1) is 17.8 Å². The van der Waals surface area contributed by atoms with E-state index in [4.69, 9.17) is 5.10 Å². The molecule has 0 radical (unpaired) electrons. The van der Waals surface area contributed by atoms with Gasteiger partial charge < -0.3 is 10.3 Å². The van der Waals surface area contributed by atoms with E-state index < -0.39 is 0 Å². The highest BCUT2D eigenvalue weighted by Gasteiger charge is 2.24. The Morgan fingerprint density at radius 2 is 1.96 bits per heavy atom. The first-order valence-corrected chi connectivity index (χ1v) is 8.29. The van der Waals surface area contributed by atoms with Crippen LogP contribution in [0.1, 0.15) is 5.69 Å². The predicted octanol–water partition coefficient (Wildman–Crippen LogP) is 3.34. The fourth-order valence-electron chi connectivity index (χ4n) is 3.54. The summed E-state index contributed by atoms with van der Waals surface area (Å²) in [5.41, 5.74) is 4.77. The molecule has 0 spiro atoms. The van der Waals surface area contributed by atoms with Gasteiger partial charge in [-0.1, -0.05) is 6.07 Å². The molecule has 6 heteroatoms. The molecule has 1 aromatic carbocycles. The number of aromatic nitrogens is 4. The molecule has 0 fully saturated rings. The number of hydrogen-bond donors (Lipinski definition) is 2. The molecule has 0 saturated heterocycles. The minimum atomic E-state index is -0.263. The molecular weight excluding hydrogens is 317 g/mol. The van der Waals surface area contributed by atoms with E-state index in [9.17, 15) is 0 Å². The van der Waals surface area contributed by atoms with Crippen LogP contribution >= 0.6 is 0 Å². The fraction of sp³-hybridized carbons (Fsp3) is 0.158. The third kappa shape index (κ3) is 2.18. The largest absolute Gasteiger partial charge is 0.359 e. The first-order valence-electron chi connectivity index (χ1n) is 8.29. The normalized spacial score (nSPS) is 14.0. The maximum absolute atomic E-state index is 15.1. The Hall–Kier alpha value is -2.99. The van der Waals surface area contributed by atoms with E-state index in [-0.39, 0.29) is 5.82 Å². The molecule has 2 N–H and O–H groups in total. The minimum absolute atomic E-state index is 0.263. The molecular formula is C19H16FN5. The lowest BCUT2D eigenvalue weighted by molar-refractivity contribution is 0.477. The molecule has 4 aromatic rings. The van der Waals surface area contributed by atoms with E-state index in [1.54, 1.807) is 18.6 Å². The van der Waals surface area contributed by atoms with E-state index in [1.165, 1.54) is 0 Å². The number of H-pyrrole nitrogens is 1. The first kappa shape index (κ1) is 14.4. The third-order valence-corrected chi connectivity index (χ3v) is 4.74. The predicted molar refractivity (Wildman–Crippen MR) is 94.4 cm³/mol. The summed E-state index contributed by atoms with van der Waals surface area (Å²) in [7, 11) is 0. The Labute approximate surface area is 143 Å². The highest BCUT2D eigenvalue weighted by atomic mass is 19.1. The van der Waals surface area contributed by atoms with Gasteiger partial charge in [0.1, 0.15) is 5.69 Å². The van der Waals surface area contributed by atoms with Crippen LogP contribution in [0.25, 0.3) is 33.3 Å². The SMILES string of the molecule is Fc1c(-c2nn3c(c2-c2ccncc2)CNCC3)ccc2cc[nH]c12. The summed E-state index contributed by atoms with van der Waals surface area (Å²) in [4.78, 5) is 7.09. The second-order valence-electron chi connectivity index (χ2n) is 6.18. The lowest BCUT2D eigenvalue weighted by Crippen LogP contribution is -2.28. The topological polar surface area (TPSA) is 58.5 Å². The molecule has 3 aromatic heterocycles. The highest BCUT2D eigenvalue weighted by molar-refractivity contribution is 5.89. The van der Waals surface area contributed by atoms with E-state index >= 15 is 4.39 Å². The van der Waals surface area contributed by atoms with Gasteiger partial charge in [0.15, 0.2) is 5.82 Å². The number of fused-ring (bicyclic) bond motifs is 2. The van der Waals surface area contributed by atoms with Gasteiger partial charge >= 0.3 is 0 Å². The molecule has 1 aliphatic heterocycles. The monoisotopic (exact) mass is 333 g/mol. The number of pyridine rings is 1. The van der Waals surface area contributed by atoms with Crippen molar-refractivity contribution in [2.45, 2.75) is 13.1 Å². The average Bonchev–Trinajstić information content (AvgIpc) is 3.27. The fourth-order valence-corrected chi connectivity index (χ4v) is 3.54. The van der Waals surface area contributed by atoms with Gasteiger partial charge in [-0.2, -0.15) is 5.10 Å². The standard InChI is InChI=1S/C19H16FN5/c20-17-14(2-1-13-5-8-23-18(13)17)19-16(12-3-6-21-7-4-12)15-11-22-9-10-25(15)24-19/h1-8,22-23H,9-11H2. The van der Waals surface area contributed by atoms with Gasteiger partial charge in [0.25, 0.3) is 0 Å². The molecule has 0 atom stereocenters. The maximum Gasteiger partial charge on any atom is 0.156 e. The lowest BCUT2D eigenvalue weighted by Gasteiger charge is -2.16. The van der Waals surface area contributed by atoms with Crippen LogP contribution < -0.4 is 5.32 Å². The van der Waals surface area contributed by atoms with Gasteiger partial charge in [-0.25, -0.2) is 4.39 Å². The molecule has 5 rings (SSSR count). The summed E-state index contributed by atoms with van der Waals surface area (Å²) >= 11 is 0. The molecule has 4 heterocycles. The molecule has 0 aliphatic carbocycles. The van der Waals surface area contributed by atoms with E-state index in [1.807, 2.05) is 35.0 Å². The molecule has 0 unspecified atom stereocenters. The zero-order chi connectivity index (χ0) is 16.8. The second-order valence-corrected chi connectivity index (χ2v) is 6.18. The third-order valence-electron chi connectivity index (χ3n) is 4.74. The number of nitrogens with zero attached hydrogens (tertiary/aromatic N) is 3. The lowest BCUT2D eigenvalue weighted by atomic mass is 9.98. The van der Waals surface area contributed by atoms with Gasteiger partial charge in [-0.15, -0.1) is 0 Å². The molecule has 124 valence electrons. The van der Waals surface area contributed by atoms with Crippen LogP contribution in [0.3, 0.4) is 0 Å². The summed E-state index contributed by atoms with van der Waals surface area (Å²) in [6, 6.07) is 9.51.